The highest BCUT2D eigenvalue weighted by Crippen LogP contribution is 2.23. The summed E-state index contributed by atoms with van der Waals surface area (Å²) in [6.45, 7) is 0.559. The molecule has 0 heterocycles. The number of hydrogen-bond donors (Lipinski definition) is 2. The fourth-order valence-electron chi connectivity index (χ4n) is 2.45. The van der Waals surface area contributed by atoms with Crippen molar-refractivity contribution in [2.24, 2.45) is 5.73 Å². The molecule has 5 nitrogen and oxygen atoms in total. The van der Waals surface area contributed by atoms with Crippen LogP contribution < -0.4 is 15.8 Å². The van der Waals surface area contributed by atoms with Crippen LogP contribution in [0.2, 0.25) is 0 Å². The van der Waals surface area contributed by atoms with Gasteiger partial charge in [-0.15, -0.1) is 0 Å². The second-order valence-corrected chi connectivity index (χ2v) is 6.04. The third-order valence-corrected chi connectivity index (χ3v) is 3.83. The average Bonchev–Trinajstić information content (AvgIpc) is 2.70. The van der Waals surface area contributed by atoms with Crippen LogP contribution in [0.4, 0.5) is 5.69 Å². The molecular formula is C22H22N2O3. The van der Waals surface area contributed by atoms with Crippen molar-refractivity contribution < 1.29 is 14.3 Å². The van der Waals surface area contributed by atoms with Gasteiger partial charge in [0.1, 0.15) is 17.5 Å². The number of benzene rings is 3. The SMILES string of the molecule is NC(COCc1ccccc1)C(=O)Nc1cccc(Oc2ccccc2)c1. The van der Waals surface area contributed by atoms with E-state index in [2.05, 4.69) is 5.32 Å². The molecule has 0 saturated heterocycles. The first kappa shape index (κ1) is 18.6. The van der Waals surface area contributed by atoms with Gasteiger partial charge in [-0.05, 0) is 29.8 Å². The number of ether oxygens (including phenoxy) is 2. The van der Waals surface area contributed by atoms with E-state index < -0.39 is 6.04 Å². The Labute approximate surface area is 158 Å². The van der Waals surface area contributed by atoms with Gasteiger partial charge in [0.15, 0.2) is 0 Å². The number of amides is 1. The second kappa shape index (κ2) is 9.52. The van der Waals surface area contributed by atoms with Crippen LogP contribution in [0, 0.1) is 0 Å². The van der Waals surface area contributed by atoms with E-state index in [9.17, 15) is 4.79 Å². The lowest BCUT2D eigenvalue weighted by Crippen LogP contribution is -2.39. The molecule has 0 bridgehead atoms. The van der Waals surface area contributed by atoms with Crippen molar-refractivity contribution in [2.75, 3.05) is 11.9 Å². The first-order chi connectivity index (χ1) is 13.2. The summed E-state index contributed by atoms with van der Waals surface area (Å²) < 4.78 is 11.3. The van der Waals surface area contributed by atoms with Crippen molar-refractivity contribution >= 4 is 11.6 Å². The minimum absolute atomic E-state index is 0.140. The van der Waals surface area contributed by atoms with Crippen LogP contribution in [0.15, 0.2) is 84.9 Å². The predicted molar refractivity (Wildman–Crippen MR) is 106 cm³/mol. The Bertz CT molecular complexity index is 854. The first-order valence-corrected chi connectivity index (χ1v) is 8.72. The Balaban J connectivity index is 1.50. The van der Waals surface area contributed by atoms with Crippen LogP contribution in [-0.2, 0) is 16.1 Å². The van der Waals surface area contributed by atoms with Crippen molar-refractivity contribution in [3.8, 4) is 11.5 Å². The number of hydrogen-bond acceptors (Lipinski definition) is 4. The molecular weight excluding hydrogens is 340 g/mol. The molecule has 0 fully saturated rings. The molecule has 3 rings (SSSR count). The summed E-state index contributed by atoms with van der Waals surface area (Å²) >= 11 is 0. The maximum absolute atomic E-state index is 12.3. The first-order valence-electron chi connectivity index (χ1n) is 8.72. The van der Waals surface area contributed by atoms with E-state index in [1.165, 1.54) is 0 Å². The van der Waals surface area contributed by atoms with Crippen molar-refractivity contribution in [3.05, 3.63) is 90.5 Å². The van der Waals surface area contributed by atoms with Crippen LogP contribution in [0.25, 0.3) is 0 Å². The molecule has 1 atom stereocenters. The van der Waals surface area contributed by atoms with Gasteiger partial charge in [-0.1, -0.05) is 54.6 Å². The van der Waals surface area contributed by atoms with Crippen LogP contribution in [-0.4, -0.2) is 18.6 Å². The lowest BCUT2D eigenvalue weighted by atomic mass is 10.2. The molecule has 0 radical (unpaired) electrons. The zero-order valence-corrected chi connectivity index (χ0v) is 14.9. The Morgan fingerprint density at radius 2 is 1.56 bits per heavy atom. The van der Waals surface area contributed by atoms with Crippen LogP contribution in [0.5, 0.6) is 11.5 Å². The number of anilines is 1. The van der Waals surface area contributed by atoms with Gasteiger partial charge in [0, 0.05) is 11.8 Å². The molecule has 3 aromatic carbocycles. The summed E-state index contributed by atoms with van der Waals surface area (Å²) in [4.78, 5) is 12.3. The topological polar surface area (TPSA) is 73.6 Å². The Kier molecular flexibility index (Phi) is 6.57. The molecule has 0 saturated carbocycles. The van der Waals surface area contributed by atoms with Gasteiger partial charge in [-0.3, -0.25) is 4.79 Å². The Morgan fingerprint density at radius 3 is 2.30 bits per heavy atom. The van der Waals surface area contributed by atoms with Gasteiger partial charge >= 0.3 is 0 Å². The van der Waals surface area contributed by atoms with Gasteiger partial charge in [-0.25, -0.2) is 0 Å². The van der Waals surface area contributed by atoms with Gasteiger partial charge in [-0.2, -0.15) is 0 Å². The molecule has 1 amide bonds. The number of nitrogens with one attached hydrogen (secondary N) is 1. The Morgan fingerprint density at radius 1 is 0.889 bits per heavy atom. The average molecular weight is 362 g/mol. The van der Waals surface area contributed by atoms with E-state index in [1.54, 1.807) is 12.1 Å². The highest BCUT2D eigenvalue weighted by Gasteiger charge is 2.14. The molecule has 27 heavy (non-hydrogen) atoms. The minimum atomic E-state index is -0.757. The van der Waals surface area contributed by atoms with E-state index in [4.69, 9.17) is 15.2 Å². The highest BCUT2D eigenvalue weighted by molar-refractivity contribution is 5.94. The standard InChI is InChI=1S/C22H22N2O3/c23-21(16-26-15-17-8-3-1-4-9-17)22(25)24-18-10-7-13-20(14-18)27-19-11-5-2-6-12-19/h1-14,21H,15-16,23H2,(H,24,25). The van der Waals surface area contributed by atoms with Crippen LogP contribution in [0.3, 0.4) is 0 Å². The molecule has 0 aliphatic carbocycles. The molecule has 0 aromatic heterocycles. The summed E-state index contributed by atoms with van der Waals surface area (Å²) in [7, 11) is 0. The molecule has 3 aromatic rings. The number of carbonyl (C=O) groups is 1. The van der Waals surface area contributed by atoms with Crippen molar-refractivity contribution in [2.45, 2.75) is 12.6 Å². The third-order valence-electron chi connectivity index (χ3n) is 3.83. The van der Waals surface area contributed by atoms with E-state index in [-0.39, 0.29) is 12.5 Å². The molecule has 0 aliphatic heterocycles. The van der Waals surface area contributed by atoms with Crippen molar-refractivity contribution in [1.82, 2.24) is 0 Å². The summed E-state index contributed by atoms with van der Waals surface area (Å²) in [6.07, 6.45) is 0. The van der Waals surface area contributed by atoms with Gasteiger partial charge in [0.05, 0.1) is 13.2 Å². The lowest BCUT2D eigenvalue weighted by molar-refractivity contribution is -0.118. The normalized spacial score (nSPS) is 11.6. The molecule has 3 N–H and O–H groups in total. The van der Waals surface area contributed by atoms with Crippen molar-refractivity contribution in [1.29, 1.82) is 0 Å². The predicted octanol–water partition coefficient (Wildman–Crippen LogP) is 3.96. The van der Waals surface area contributed by atoms with Crippen LogP contribution in [0.1, 0.15) is 5.56 Å². The fourth-order valence-corrected chi connectivity index (χ4v) is 2.45. The zero-order valence-electron chi connectivity index (χ0n) is 14.9. The molecule has 5 heteroatoms. The van der Waals surface area contributed by atoms with Crippen molar-refractivity contribution in [3.63, 3.8) is 0 Å². The largest absolute Gasteiger partial charge is 0.457 e. The maximum Gasteiger partial charge on any atom is 0.243 e. The van der Waals surface area contributed by atoms with Gasteiger partial charge < -0.3 is 20.5 Å². The number of carbonyl (C=O) groups excluding carboxylic acids is 1. The summed E-state index contributed by atoms with van der Waals surface area (Å²) in [6, 6.07) is 25.6. The molecule has 138 valence electrons. The number of rotatable bonds is 8. The number of para-hydroxylation sites is 1. The smallest absolute Gasteiger partial charge is 0.243 e. The summed E-state index contributed by atoms with van der Waals surface area (Å²) in [5, 5.41) is 2.79. The molecule has 0 spiro atoms. The summed E-state index contributed by atoms with van der Waals surface area (Å²) in [5.74, 6) is 1.06. The van der Waals surface area contributed by atoms with E-state index in [1.807, 2.05) is 72.8 Å². The third kappa shape index (κ3) is 5.95. The van der Waals surface area contributed by atoms with E-state index >= 15 is 0 Å². The highest BCUT2D eigenvalue weighted by atomic mass is 16.5. The monoisotopic (exact) mass is 362 g/mol. The molecule has 1 unspecified atom stereocenters. The Hall–Kier alpha value is -3.15. The number of nitrogens with two attached hydrogens (primary N) is 1. The lowest BCUT2D eigenvalue weighted by Gasteiger charge is -2.13. The molecule has 0 aliphatic rings. The van der Waals surface area contributed by atoms with Crippen LogP contribution >= 0.6 is 0 Å². The van der Waals surface area contributed by atoms with E-state index in [0.717, 1.165) is 11.3 Å². The maximum atomic E-state index is 12.3. The minimum Gasteiger partial charge on any atom is -0.457 e. The quantitative estimate of drug-likeness (QED) is 0.636. The van der Waals surface area contributed by atoms with E-state index in [0.29, 0.717) is 18.0 Å². The zero-order chi connectivity index (χ0) is 18.9. The summed E-state index contributed by atoms with van der Waals surface area (Å²) in [5.41, 5.74) is 7.58. The second-order valence-electron chi connectivity index (χ2n) is 6.04. The van der Waals surface area contributed by atoms with Gasteiger partial charge in [0.2, 0.25) is 5.91 Å². The van der Waals surface area contributed by atoms with Gasteiger partial charge in [0.25, 0.3) is 0 Å². The fraction of sp³-hybridized carbons (Fsp3) is 0.136.